The molecule has 0 bridgehead atoms. The van der Waals surface area contributed by atoms with Crippen molar-refractivity contribution in [3.05, 3.63) is 29.6 Å². The number of carbonyl (C=O) groups is 1. The summed E-state index contributed by atoms with van der Waals surface area (Å²) in [5.41, 5.74) is 0.418. The minimum absolute atomic E-state index is 0.0816. The number of carbonyl (C=O) groups excluding carboxylic acids is 1. The van der Waals surface area contributed by atoms with Crippen LogP contribution in [0.25, 0.3) is 0 Å². The van der Waals surface area contributed by atoms with E-state index >= 15 is 0 Å². The first-order valence-corrected chi connectivity index (χ1v) is 5.87. The van der Waals surface area contributed by atoms with Crippen LogP contribution in [0.2, 0.25) is 0 Å². The van der Waals surface area contributed by atoms with E-state index in [1.54, 1.807) is 11.9 Å². The number of amides is 1. The van der Waals surface area contributed by atoms with Gasteiger partial charge in [0.05, 0.1) is 7.11 Å². The Kier molecular flexibility index (Phi) is 4.73. The molecule has 88 valence electrons. The lowest BCUT2D eigenvalue weighted by molar-refractivity contribution is 0.0803. The maximum Gasteiger partial charge on any atom is 0.253 e. The first kappa shape index (κ1) is 13.0. The van der Waals surface area contributed by atoms with E-state index in [0.29, 0.717) is 17.4 Å². The summed E-state index contributed by atoms with van der Waals surface area (Å²) >= 11 is 3.25. The van der Waals surface area contributed by atoms with Crippen LogP contribution in [0.15, 0.2) is 18.2 Å². The molecule has 0 saturated carbocycles. The van der Waals surface area contributed by atoms with Gasteiger partial charge in [0.25, 0.3) is 5.91 Å². The third-order valence-electron chi connectivity index (χ3n) is 2.16. The smallest absolute Gasteiger partial charge is 0.253 e. The zero-order chi connectivity index (χ0) is 12.1. The average molecular weight is 290 g/mol. The largest absolute Gasteiger partial charge is 0.494 e. The number of rotatable bonds is 4. The lowest BCUT2D eigenvalue weighted by atomic mass is 10.2. The van der Waals surface area contributed by atoms with E-state index in [0.717, 1.165) is 0 Å². The highest BCUT2D eigenvalue weighted by Crippen LogP contribution is 2.19. The Labute approximate surface area is 102 Å². The Morgan fingerprint density at radius 1 is 1.56 bits per heavy atom. The SMILES string of the molecule is COc1cc(C(=O)N(C)CCBr)ccc1F. The molecule has 0 aromatic heterocycles. The number of methoxy groups -OCH3 is 1. The van der Waals surface area contributed by atoms with Gasteiger partial charge in [-0.3, -0.25) is 4.79 Å². The van der Waals surface area contributed by atoms with Gasteiger partial charge in [0.15, 0.2) is 11.6 Å². The monoisotopic (exact) mass is 289 g/mol. The van der Waals surface area contributed by atoms with Gasteiger partial charge in [-0.2, -0.15) is 0 Å². The fourth-order valence-electron chi connectivity index (χ4n) is 1.24. The third kappa shape index (κ3) is 2.95. The molecule has 1 amide bonds. The quantitative estimate of drug-likeness (QED) is 0.796. The van der Waals surface area contributed by atoms with Gasteiger partial charge in [-0.25, -0.2) is 4.39 Å². The van der Waals surface area contributed by atoms with E-state index < -0.39 is 5.82 Å². The fourth-order valence-corrected chi connectivity index (χ4v) is 1.77. The second-order valence-electron chi connectivity index (χ2n) is 3.27. The summed E-state index contributed by atoms with van der Waals surface area (Å²) in [5.74, 6) is -0.543. The van der Waals surface area contributed by atoms with Gasteiger partial charge in [-0.15, -0.1) is 0 Å². The highest BCUT2D eigenvalue weighted by molar-refractivity contribution is 9.09. The van der Waals surface area contributed by atoms with Crippen LogP contribution in [-0.4, -0.2) is 36.8 Å². The molecule has 0 aliphatic rings. The van der Waals surface area contributed by atoms with Crippen molar-refractivity contribution in [2.24, 2.45) is 0 Å². The molecular weight excluding hydrogens is 277 g/mol. The van der Waals surface area contributed by atoms with E-state index in [2.05, 4.69) is 15.9 Å². The number of ether oxygens (including phenoxy) is 1. The van der Waals surface area contributed by atoms with Crippen LogP contribution in [0.5, 0.6) is 5.75 Å². The summed E-state index contributed by atoms with van der Waals surface area (Å²) in [7, 11) is 3.06. The van der Waals surface area contributed by atoms with E-state index in [1.165, 1.54) is 25.3 Å². The Bertz CT molecular complexity index is 384. The maximum absolute atomic E-state index is 13.1. The predicted molar refractivity (Wildman–Crippen MR) is 63.7 cm³/mol. The van der Waals surface area contributed by atoms with Gasteiger partial charge in [0.2, 0.25) is 0 Å². The van der Waals surface area contributed by atoms with Crippen LogP contribution < -0.4 is 4.74 Å². The van der Waals surface area contributed by atoms with Crippen molar-refractivity contribution in [3.63, 3.8) is 0 Å². The van der Waals surface area contributed by atoms with Crippen LogP contribution >= 0.6 is 15.9 Å². The van der Waals surface area contributed by atoms with Crippen molar-refractivity contribution in [2.45, 2.75) is 0 Å². The van der Waals surface area contributed by atoms with Crippen LogP contribution in [-0.2, 0) is 0 Å². The van der Waals surface area contributed by atoms with E-state index in [-0.39, 0.29) is 11.7 Å². The number of benzene rings is 1. The van der Waals surface area contributed by atoms with Gasteiger partial charge in [0.1, 0.15) is 0 Å². The van der Waals surface area contributed by atoms with Crippen molar-refractivity contribution in [1.82, 2.24) is 4.90 Å². The van der Waals surface area contributed by atoms with Gasteiger partial charge in [-0.05, 0) is 18.2 Å². The molecule has 5 heteroatoms. The highest BCUT2D eigenvalue weighted by Gasteiger charge is 2.13. The second-order valence-corrected chi connectivity index (χ2v) is 4.06. The minimum Gasteiger partial charge on any atom is -0.494 e. The predicted octanol–water partition coefficient (Wildman–Crippen LogP) is 2.30. The Balaban J connectivity index is 2.92. The van der Waals surface area contributed by atoms with Crippen molar-refractivity contribution in [3.8, 4) is 5.75 Å². The summed E-state index contributed by atoms with van der Waals surface area (Å²) in [6.45, 7) is 0.596. The number of hydrogen-bond acceptors (Lipinski definition) is 2. The lowest BCUT2D eigenvalue weighted by Gasteiger charge is -2.16. The van der Waals surface area contributed by atoms with E-state index in [9.17, 15) is 9.18 Å². The fraction of sp³-hybridized carbons (Fsp3) is 0.364. The van der Waals surface area contributed by atoms with Crippen LogP contribution in [0.3, 0.4) is 0 Å². The van der Waals surface area contributed by atoms with Crippen molar-refractivity contribution < 1.29 is 13.9 Å². The maximum atomic E-state index is 13.1. The van der Waals surface area contributed by atoms with Crippen molar-refractivity contribution in [1.29, 1.82) is 0 Å². The number of hydrogen-bond donors (Lipinski definition) is 0. The van der Waals surface area contributed by atoms with Crippen LogP contribution in [0.4, 0.5) is 4.39 Å². The number of halogens is 2. The van der Waals surface area contributed by atoms with Crippen molar-refractivity contribution >= 4 is 21.8 Å². The normalized spacial score (nSPS) is 10.0. The Morgan fingerprint density at radius 2 is 2.25 bits per heavy atom. The zero-order valence-electron chi connectivity index (χ0n) is 9.17. The van der Waals surface area contributed by atoms with Gasteiger partial charge < -0.3 is 9.64 Å². The van der Waals surface area contributed by atoms with Gasteiger partial charge in [-0.1, -0.05) is 15.9 Å². The van der Waals surface area contributed by atoms with Crippen LogP contribution in [0.1, 0.15) is 10.4 Å². The Hall–Kier alpha value is -1.10. The molecule has 0 aliphatic carbocycles. The van der Waals surface area contributed by atoms with E-state index in [1.807, 2.05) is 0 Å². The third-order valence-corrected chi connectivity index (χ3v) is 2.52. The summed E-state index contributed by atoms with van der Waals surface area (Å²) in [5, 5.41) is 0.702. The summed E-state index contributed by atoms with van der Waals surface area (Å²) in [4.78, 5) is 13.4. The topological polar surface area (TPSA) is 29.5 Å². The average Bonchev–Trinajstić information content (AvgIpc) is 2.29. The second kappa shape index (κ2) is 5.84. The molecule has 0 atom stereocenters. The highest BCUT2D eigenvalue weighted by atomic mass is 79.9. The summed E-state index contributed by atoms with van der Waals surface area (Å²) in [6, 6.07) is 4.08. The molecule has 16 heavy (non-hydrogen) atoms. The molecule has 3 nitrogen and oxygen atoms in total. The van der Waals surface area contributed by atoms with Gasteiger partial charge >= 0.3 is 0 Å². The molecule has 0 spiro atoms. The molecule has 0 N–H and O–H groups in total. The van der Waals surface area contributed by atoms with Crippen LogP contribution in [0, 0.1) is 5.82 Å². The molecule has 0 saturated heterocycles. The van der Waals surface area contributed by atoms with Crippen molar-refractivity contribution in [2.75, 3.05) is 26.0 Å². The number of alkyl halides is 1. The molecule has 0 aliphatic heterocycles. The summed E-state index contributed by atoms with van der Waals surface area (Å²) in [6.07, 6.45) is 0. The first-order valence-electron chi connectivity index (χ1n) is 4.75. The molecule has 1 aromatic carbocycles. The standard InChI is InChI=1S/C11H13BrFNO2/c1-14(6-5-12)11(15)8-3-4-9(13)10(7-8)16-2/h3-4,7H,5-6H2,1-2H3. The Morgan fingerprint density at radius 3 is 2.81 bits per heavy atom. The lowest BCUT2D eigenvalue weighted by Crippen LogP contribution is -2.28. The molecular formula is C11H13BrFNO2. The first-order chi connectivity index (χ1) is 7.60. The molecule has 1 aromatic rings. The minimum atomic E-state index is -0.470. The molecule has 0 fully saturated rings. The number of nitrogens with zero attached hydrogens (tertiary/aromatic N) is 1. The summed E-state index contributed by atoms with van der Waals surface area (Å²) < 4.78 is 17.9. The molecule has 0 unspecified atom stereocenters. The van der Waals surface area contributed by atoms with Gasteiger partial charge in [0, 0.05) is 24.5 Å². The zero-order valence-corrected chi connectivity index (χ0v) is 10.8. The molecule has 0 heterocycles. The molecule has 0 radical (unpaired) electrons. The van der Waals surface area contributed by atoms with E-state index in [4.69, 9.17) is 4.74 Å². The molecule has 1 rings (SSSR count).